The maximum absolute atomic E-state index is 14.8. The van der Waals surface area contributed by atoms with Crippen LogP contribution >= 0.6 is 11.3 Å². The molecule has 1 amide bonds. The minimum atomic E-state index is -0.555. The summed E-state index contributed by atoms with van der Waals surface area (Å²) in [5.74, 6) is -0.957. The molecule has 3 heterocycles. The lowest BCUT2D eigenvalue weighted by atomic mass is 10.0. The Balaban J connectivity index is 1.73. The maximum Gasteiger partial charge on any atom is 0.248 e. The third-order valence-corrected chi connectivity index (χ3v) is 4.87. The molecule has 0 bridgehead atoms. The molecule has 0 radical (unpaired) electrons. The zero-order valence-corrected chi connectivity index (χ0v) is 15.1. The number of carbonyl (C=O) groups is 1. The lowest BCUT2D eigenvalue weighted by Crippen LogP contribution is -2.10. The summed E-state index contributed by atoms with van der Waals surface area (Å²) in [5.41, 5.74) is 8.48. The van der Waals surface area contributed by atoms with Gasteiger partial charge in [-0.1, -0.05) is 12.1 Å². The second-order valence-electron chi connectivity index (χ2n) is 5.88. The van der Waals surface area contributed by atoms with E-state index in [1.807, 2.05) is 12.3 Å². The first kappa shape index (κ1) is 17.0. The van der Waals surface area contributed by atoms with Crippen LogP contribution < -0.4 is 5.73 Å². The molecule has 8 heteroatoms. The third kappa shape index (κ3) is 3.22. The van der Waals surface area contributed by atoms with Gasteiger partial charge in [-0.2, -0.15) is 5.10 Å². The summed E-state index contributed by atoms with van der Waals surface area (Å²) in [6, 6.07) is 7.89. The van der Waals surface area contributed by atoms with Gasteiger partial charge in [-0.15, -0.1) is 11.3 Å². The number of amides is 1. The van der Waals surface area contributed by atoms with Crippen LogP contribution in [0.5, 0.6) is 0 Å². The van der Waals surface area contributed by atoms with Gasteiger partial charge in [0, 0.05) is 46.2 Å². The molecule has 0 aliphatic heterocycles. The number of halogens is 1. The van der Waals surface area contributed by atoms with Crippen molar-refractivity contribution in [2.75, 3.05) is 0 Å². The monoisotopic (exact) mass is 379 g/mol. The summed E-state index contributed by atoms with van der Waals surface area (Å²) < 4.78 is 16.5. The molecule has 134 valence electrons. The molecule has 2 N–H and O–H groups in total. The number of nitrogens with zero attached hydrogens (tertiary/aromatic N) is 4. The predicted octanol–water partition coefficient (Wildman–Crippen LogP) is 3.60. The molecule has 1 aromatic carbocycles. The van der Waals surface area contributed by atoms with E-state index in [9.17, 15) is 9.18 Å². The molecular formula is C19H14FN5OS. The van der Waals surface area contributed by atoms with Gasteiger partial charge in [0.1, 0.15) is 5.82 Å². The number of nitrogens with two attached hydrogens (primary N) is 1. The number of primary amides is 1. The van der Waals surface area contributed by atoms with E-state index in [0.29, 0.717) is 38.8 Å². The topological polar surface area (TPSA) is 86.7 Å². The number of carbonyl (C=O) groups excluding carboxylic acids is 1. The molecule has 0 atom stereocenters. The Morgan fingerprint density at radius 2 is 2.00 bits per heavy atom. The highest BCUT2D eigenvalue weighted by atomic mass is 32.1. The smallest absolute Gasteiger partial charge is 0.248 e. The molecule has 0 saturated carbocycles. The van der Waals surface area contributed by atoms with Crippen LogP contribution in [0.25, 0.3) is 27.5 Å². The van der Waals surface area contributed by atoms with Gasteiger partial charge in [0.25, 0.3) is 0 Å². The lowest BCUT2D eigenvalue weighted by molar-refractivity contribution is 0.1000. The average Bonchev–Trinajstić information content (AvgIpc) is 3.31. The first-order valence-corrected chi connectivity index (χ1v) is 8.93. The number of benzene rings is 1. The summed E-state index contributed by atoms with van der Waals surface area (Å²) in [4.78, 5) is 19.7. The van der Waals surface area contributed by atoms with Crippen molar-refractivity contribution in [2.45, 2.75) is 6.92 Å². The molecule has 27 heavy (non-hydrogen) atoms. The van der Waals surface area contributed by atoms with Crippen molar-refractivity contribution in [3.63, 3.8) is 0 Å². The molecule has 4 rings (SSSR count). The van der Waals surface area contributed by atoms with Crippen molar-refractivity contribution in [1.82, 2.24) is 19.7 Å². The minimum absolute atomic E-state index is 0.324. The van der Waals surface area contributed by atoms with Crippen molar-refractivity contribution in [2.24, 2.45) is 5.73 Å². The Labute approximate surface area is 158 Å². The van der Waals surface area contributed by atoms with E-state index in [-0.39, 0.29) is 0 Å². The molecule has 4 aromatic rings. The zero-order valence-electron chi connectivity index (χ0n) is 14.3. The number of pyridine rings is 1. The van der Waals surface area contributed by atoms with E-state index in [0.717, 1.165) is 0 Å². The molecular weight excluding hydrogens is 365 g/mol. The number of aryl methyl sites for hydroxylation is 1. The third-order valence-electron chi connectivity index (χ3n) is 4.11. The summed E-state index contributed by atoms with van der Waals surface area (Å²) >= 11 is 1.45. The van der Waals surface area contributed by atoms with Gasteiger partial charge in [0.05, 0.1) is 11.4 Å². The number of hydrogen-bond donors (Lipinski definition) is 1. The normalized spacial score (nSPS) is 10.9. The minimum Gasteiger partial charge on any atom is -0.366 e. The second-order valence-corrected chi connectivity index (χ2v) is 6.75. The van der Waals surface area contributed by atoms with Crippen molar-refractivity contribution in [1.29, 1.82) is 0 Å². The van der Waals surface area contributed by atoms with Crippen molar-refractivity contribution in [3.05, 3.63) is 71.4 Å². The Morgan fingerprint density at radius 3 is 2.70 bits per heavy atom. The van der Waals surface area contributed by atoms with E-state index in [4.69, 9.17) is 5.73 Å². The zero-order chi connectivity index (χ0) is 19.0. The highest BCUT2D eigenvalue weighted by Crippen LogP contribution is 2.30. The number of thiazole rings is 1. The Kier molecular flexibility index (Phi) is 4.25. The van der Waals surface area contributed by atoms with E-state index >= 15 is 0 Å². The second kappa shape index (κ2) is 6.73. The van der Waals surface area contributed by atoms with Gasteiger partial charge >= 0.3 is 0 Å². The number of hydrogen-bond acceptors (Lipinski definition) is 5. The van der Waals surface area contributed by atoms with Crippen molar-refractivity contribution in [3.8, 4) is 27.5 Å². The predicted molar refractivity (Wildman–Crippen MR) is 101 cm³/mol. The molecule has 6 nitrogen and oxygen atoms in total. The molecule has 0 spiro atoms. The van der Waals surface area contributed by atoms with Crippen LogP contribution in [0.4, 0.5) is 4.39 Å². The Bertz CT molecular complexity index is 1140. The molecule has 0 unspecified atom stereocenters. The van der Waals surface area contributed by atoms with Gasteiger partial charge < -0.3 is 5.73 Å². The van der Waals surface area contributed by atoms with Crippen LogP contribution in [0, 0.1) is 12.7 Å². The molecule has 0 fully saturated rings. The molecule has 0 saturated heterocycles. The number of aromatic nitrogens is 4. The van der Waals surface area contributed by atoms with Gasteiger partial charge in [0.2, 0.25) is 11.0 Å². The van der Waals surface area contributed by atoms with Gasteiger partial charge in [-0.3, -0.25) is 9.78 Å². The van der Waals surface area contributed by atoms with Gasteiger partial charge in [0.15, 0.2) is 0 Å². The van der Waals surface area contributed by atoms with Crippen LogP contribution in [0.3, 0.4) is 0 Å². The van der Waals surface area contributed by atoms with Crippen LogP contribution in [-0.4, -0.2) is 25.7 Å². The van der Waals surface area contributed by atoms with Gasteiger partial charge in [-0.05, 0) is 25.1 Å². The SMILES string of the molecule is Cc1nn(-c2nccs2)cc1-c1ccc(-c2cc(C(N)=O)ccn2)cc1F. The Hall–Kier alpha value is -3.39. The van der Waals surface area contributed by atoms with Crippen LogP contribution in [0.15, 0.2) is 54.3 Å². The van der Waals surface area contributed by atoms with E-state index in [1.54, 1.807) is 35.3 Å². The average molecular weight is 379 g/mol. The fraction of sp³-hybridized carbons (Fsp3) is 0.0526. The van der Waals surface area contributed by atoms with Gasteiger partial charge in [-0.25, -0.2) is 14.1 Å². The summed E-state index contributed by atoms with van der Waals surface area (Å²) in [6.07, 6.45) is 4.93. The fourth-order valence-electron chi connectivity index (χ4n) is 2.79. The maximum atomic E-state index is 14.8. The van der Waals surface area contributed by atoms with E-state index in [2.05, 4.69) is 15.1 Å². The van der Waals surface area contributed by atoms with E-state index < -0.39 is 11.7 Å². The first-order chi connectivity index (χ1) is 13.0. The van der Waals surface area contributed by atoms with Crippen LogP contribution in [0.1, 0.15) is 16.1 Å². The molecule has 3 aromatic heterocycles. The van der Waals surface area contributed by atoms with Crippen molar-refractivity contribution < 1.29 is 9.18 Å². The largest absolute Gasteiger partial charge is 0.366 e. The summed E-state index contributed by atoms with van der Waals surface area (Å²) in [5, 5.41) is 6.99. The lowest BCUT2D eigenvalue weighted by Gasteiger charge is -2.06. The quantitative estimate of drug-likeness (QED) is 0.587. The summed E-state index contributed by atoms with van der Waals surface area (Å²) in [7, 11) is 0. The fourth-order valence-corrected chi connectivity index (χ4v) is 3.35. The van der Waals surface area contributed by atoms with Crippen LogP contribution in [-0.2, 0) is 0 Å². The highest BCUT2D eigenvalue weighted by Gasteiger charge is 2.15. The number of rotatable bonds is 4. The molecule has 0 aliphatic carbocycles. The first-order valence-electron chi connectivity index (χ1n) is 8.05. The van der Waals surface area contributed by atoms with E-state index in [1.165, 1.54) is 29.7 Å². The standard InChI is InChI=1S/C19H14FN5OS/c1-11-15(10-25(24-11)19-23-6-7-27-19)14-3-2-12(8-16(14)20)17-9-13(18(21)26)4-5-22-17/h2-10H,1H3,(H2,21,26). The Morgan fingerprint density at radius 1 is 1.15 bits per heavy atom. The van der Waals surface area contributed by atoms with Crippen molar-refractivity contribution >= 4 is 17.2 Å². The van der Waals surface area contributed by atoms with Crippen LogP contribution in [0.2, 0.25) is 0 Å². The highest BCUT2D eigenvalue weighted by molar-refractivity contribution is 7.12. The molecule has 0 aliphatic rings. The summed E-state index contributed by atoms with van der Waals surface area (Å²) in [6.45, 7) is 1.82.